The summed E-state index contributed by atoms with van der Waals surface area (Å²) < 4.78 is 0. The number of thiazole rings is 1. The minimum atomic E-state index is -0.963. The fraction of sp³-hybridized carbons (Fsp3) is 0.250. The van der Waals surface area contributed by atoms with Crippen LogP contribution >= 0.6 is 11.3 Å². The monoisotopic (exact) mass is 196 g/mol. The van der Waals surface area contributed by atoms with Gasteiger partial charge in [-0.25, -0.2) is 9.78 Å². The number of hydrogen-bond acceptors (Lipinski definition) is 4. The fourth-order valence-electron chi connectivity index (χ4n) is 1.14. The van der Waals surface area contributed by atoms with Crippen LogP contribution in [0.2, 0.25) is 0 Å². The van der Waals surface area contributed by atoms with E-state index >= 15 is 0 Å². The molecule has 0 fully saturated rings. The van der Waals surface area contributed by atoms with E-state index in [0.717, 1.165) is 18.2 Å². The number of hydrogen-bond donors (Lipinski definition) is 1. The number of aromatic nitrogens is 1. The molecule has 0 aliphatic carbocycles. The quantitative estimate of drug-likeness (QED) is 0.722. The van der Waals surface area contributed by atoms with Crippen molar-refractivity contribution in [3.05, 3.63) is 23.2 Å². The van der Waals surface area contributed by atoms with Crippen LogP contribution in [0.4, 0.5) is 5.13 Å². The van der Waals surface area contributed by atoms with E-state index in [2.05, 4.69) is 4.98 Å². The van der Waals surface area contributed by atoms with E-state index < -0.39 is 5.97 Å². The fourth-order valence-corrected chi connectivity index (χ4v) is 1.96. The molecular formula is C8H8N2O2S. The maximum atomic E-state index is 10.5. The SMILES string of the molecule is O=C(O)c1csc(N2CC=CC2)n1. The summed E-state index contributed by atoms with van der Waals surface area (Å²) in [7, 11) is 0. The number of aromatic carboxylic acids is 1. The molecule has 0 aromatic carbocycles. The summed E-state index contributed by atoms with van der Waals surface area (Å²) >= 11 is 1.37. The largest absolute Gasteiger partial charge is 0.476 e. The number of carboxylic acids is 1. The van der Waals surface area contributed by atoms with Gasteiger partial charge in [0, 0.05) is 18.5 Å². The Kier molecular flexibility index (Phi) is 2.02. The topological polar surface area (TPSA) is 53.4 Å². The van der Waals surface area contributed by atoms with E-state index in [1.54, 1.807) is 5.38 Å². The van der Waals surface area contributed by atoms with E-state index in [1.165, 1.54) is 11.3 Å². The molecule has 0 saturated carbocycles. The summed E-state index contributed by atoms with van der Waals surface area (Å²) in [6.07, 6.45) is 4.09. The summed E-state index contributed by atoms with van der Waals surface area (Å²) in [5, 5.41) is 11.0. The van der Waals surface area contributed by atoms with E-state index in [9.17, 15) is 4.79 Å². The first-order valence-corrected chi connectivity index (χ1v) is 4.74. The first-order valence-electron chi connectivity index (χ1n) is 3.86. The Bertz CT molecular complexity index is 351. The van der Waals surface area contributed by atoms with E-state index in [4.69, 9.17) is 5.11 Å². The average molecular weight is 196 g/mol. The van der Waals surface area contributed by atoms with Gasteiger partial charge in [-0.3, -0.25) is 0 Å². The van der Waals surface area contributed by atoms with Crippen LogP contribution < -0.4 is 4.90 Å². The molecule has 13 heavy (non-hydrogen) atoms. The Morgan fingerprint density at radius 3 is 2.77 bits per heavy atom. The molecule has 2 heterocycles. The van der Waals surface area contributed by atoms with Crippen LogP contribution in [0, 0.1) is 0 Å². The molecule has 1 aromatic rings. The van der Waals surface area contributed by atoms with Crippen LogP contribution in [-0.2, 0) is 0 Å². The average Bonchev–Trinajstić information content (AvgIpc) is 2.75. The molecule has 1 aliphatic rings. The molecule has 0 amide bonds. The minimum absolute atomic E-state index is 0.131. The van der Waals surface area contributed by atoms with Crippen molar-refractivity contribution in [3.63, 3.8) is 0 Å². The van der Waals surface area contributed by atoms with Crippen LogP contribution in [0.15, 0.2) is 17.5 Å². The molecule has 1 N–H and O–H groups in total. The number of anilines is 1. The first kappa shape index (κ1) is 8.25. The second-order valence-electron chi connectivity index (χ2n) is 2.70. The molecule has 0 bridgehead atoms. The van der Waals surface area contributed by atoms with Crippen molar-refractivity contribution in [2.45, 2.75) is 0 Å². The Hall–Kier alpha value is -1.36. The van der Waals surface area contributed by atoms with Crippen LogP contribution in [0.25, 0.3) is 0 Å². The van der Waals surface area contributed by atoms with Gasteiger partial charge < -0.3 is 10.0 Å². The molecule has 0 saturated heterocycles. The van der Waals surface area contributed by atoms with Crippen molar-refractivity contribution in [2.24, 2.45) is 0 Å². The Morgan fingerprint density at radius 2 is 2.23 bits per heavy atom. The van der Waals surface area contributed by atoms with Crippen LogP contribution in [0.1, 0.15) is 10.5 Å². The zero-order valence-electron chi connectivity index (χ0n) is 6.80. The van der Waals surface area contributed by atoms with Gasteiger partial charge >= 0.3 is 5.97 Å². The number of carboxylic acid groups (broad SMARTS) is 1. The first-order chi connectivity index (χ1) is 6.27. The Morgan fingerprint density at radius 1 is 1.54 bits per heavy atom. The van der Waals surface area contributed by atoms with Crippen molar-refractivity contribution < 1.29 is 9.90 Å². The highest BCUT2D eigenvalue weighted by Gasteiger charge is 2.14. The van der Waals surface area contributed by atoms with Crippen molar-refractivity contribution in [3.8, 4) is 0 Å². The molecule has 0 radical (unpaired) electrons. The van der Waals surface area contributed by atoms with Gasteiger partial charge in [0.05, 0.1) is 0 Å². The van der Waals surface area contributed by atoms with Gasteiger partial charge in [0.2, 0.25) is 0 Å². The summed E-state index contributed by atoms with van der Waals surface area (Å²) in [5.74, 6) is -0.963. The molecule has 1 aromatic heterocycles. The lowest BCUT2D eigenvalue weighted by Gasteiger charge is -2.12. The summed E-state index contributed by atoms with van der Waals surface area (Å²) in [6, 6.07) is 0. The summed E-state index contributed by atoms with van der Waals surface area (Å²) in [4.78, 5) is 16.6. The molecular weight excluding hydrogens is 188 g/mol. The number of rotatable bonds is 2. The third-order valence-electron chi connectivity index (χ3n) is 1.80. The van der Waals surface area contributed by atoms with Crippen LogP contribution in [-0.4, -0.2) is 29.1 Å². The normalized spacial score (nSPS) is 15.2. The minimum Gasteiger partial charge on any atom is -0.476 e. The van der Waals surface area contributed by atoms with Gasteiger partial charge in [-0.05, 0) is 0 Å². The van der Waals surface area contributed by atoms with Gasteiger partial charge in [0.25, 0.3) is 0 Å². The number of nitrogens with zero attached hydrogens (tertiary/aromatic N) is 2. The Balaban J connectivity index is 2.17. The van der Waals surface area contributed by atoms with E-state index in [0.29, 0.717) is 0 Å². The molecule has 0 spiro atoms. The zero-order chi connectivity index (χ0) is 9.26. The maximum Gasteiger partial charge on any atom is 0.355 e. The second kappa shape index (κ2) is 3.18. The second-order valence-corrected chi connectivity index (χ2v) is 3.53. The molecule has 0 atom stereocenters. The molecule has 0 unspecified atom stereocenters. The molecule has 5 heteroatoms. The Labute approximate surface area is 79.1 Å². The highest BCUT2D eigenvalue weighted by molar-refractivity contribution is 7.13. The standard InChI is InChI=1S/C8H8N2O2S/c11-7(12)6-5-13-8(9-6)10-3-1-2-4-10/h1-2,5H,3-4H2,(H,11,12). The van der Waals surface area contributed by atoms with Crippen molar-refractivity contribution in [2.75, 3.05) is 18.0 Å². The van der Waals surface area contributed by atoms with Crippen LogP contribution in [0.3, 0.4) is 0 Å². The van der Waals surface area contributed by atoms with Gasteiger partial charge in [0.15, 0.2) is 10.8 Å². The third kappa shape index (κ3) is 1.55. The smallest absolute Gasteiger partial charge is 0.355 e. The van der Waals surface area contributed by atoms with Crippen molar-refractivity contribution in [1.82, 2.24) is 4.98 Å². The third-order valence-corrected chi connectivity index (χ3v) is 2.70. The van der Waals surface area contributed by atoms with Crippen LogP contribution in [0.5, 0.6) is 0 Å². The molecule has 2 rings (SSSR count). The molecule has 4 nitrogen and oxygen atoms in total. The predicted molar refractivity (Wildman–Crippen MR) is 50.4 cm³/mol. The van der Waals surface area contributed by atoms with Gasteiger partial charge in [0.1, 0.15) is 0 Å². The highest BCUT2D eigenvalue weighted by Crippen LogP contribution is 2.21. The van der Waals surface area contributed by atoms with Gasteiger partial charge in [-0.2, -0.15) is 0 Å². The molecule has 68 valence electrons. The lowest BCUT2D eigenvalue weighted by atomic mass is 10.5. The van der Waals surface area contributed by atoms with Gasteiger partial charge in [-0.1, -0.05) is 12.2 Å². The zero-order valence-corrected chi connectivity index (χ0v) is 7.62. The van der Waals surface area contributed by atoms with Crippen molar-refractivity contribution >= 4 is 22.4 Å². The van der Waals surface area contributed by atoms with E-state index in [1.807, 2.05) is 17.1 Å². The maximum absolute atomic E-state index is 10.5. The number of carbonyl (C=O) groups is 1. The van der Waals surface area contributed by atoms with E-state index in [-0.39, 0.29) is 5.69 Å². The highest BCUT2D eigenvalue weighted by atomic mass is 32.1. The lowest BCUT2D eigenvalue weighted by molar-refractivity contribution is 0.0691. The summed E-state index contributed by atoms with van der Waals surface area (Å²) in [5.41, 5.74) is 0.131. The lowest BCUT2D eigenvalue weighted by Crippen LogP contribution is -2.18. The van der Waals surface area contributed by atoms with Crippen molar-refractivity contribution in [1.29, 1.82) is 0 Å². The van der Waals surface area contributed by atoms with Gasteiger partial charge in [-0.15, -0.1) is 11.3 Å². The predicted octanol–water partition coefficient (Wildman–Crippen LogP) is 1.22. The summed E-state index contributed by atoms with van der Waals surface area (Å²) in [6.45, 7) is 1.65. The molecule has 1 aliphatic heterocycles.